The van der Waals surface area contributed by atoms with Gasteiger partial charge in [0.05, 0.1) is 18.1 Å². The molecule has 6 nitrogen and oxygen atoms in total. The van der Waals surface area contributed by atoms with Crippen LogP contribution in [-0.2, 0) is 14.4 Å². The number of carbonyl (C=O) groups excluding carboxylic acids is 3. The molecule has 0 bridgehead atoms. The van der Waals surface area contributed by atoms with E-state index in [9.17, 15) is 18.8 Å². The average Bonchev–Trinajstić information content (AvgIpc) is 3.34. The lowest BCUT2D eigenvalue weighted by atomic mass is 9.85. The third-order valence-corrected chi connectivity index (χ3v) is 5.22. The minimum atomic E-state index is -0.457. The molecule has 2 aliphatic rings. The van der Waals surface area contributed by atoms with Gasteiger partial charge in [0.25, 0.3) is 5.91 Å². The van der Waals surface area contributed by atoms with E-state index in [4.69, 9.17) is 4.42 Å². The van der Waals surface area contributed by atoms with Gasteiger partial charge in [-0.3, -0.25) is 24.2 Å². The minimum absolute atomic E-state index is 0.225. The zero-order valence-corrected chi connectivity index (χ0v) is 15.5. The third-order valence-electron chi connectivity index (χ3n) is 5.22. The van der Waals surface area contributed by atoms with Crippen molar-refractivity contribution in [1.82, 2.24) is 4.90 Å². The fraction of sp³-hybridized carbons (Fsp3) is 0.227. The number of benzene rings is 1. The molecule has 1 aromatic heterocycles. The first-order chi connectivity index (χ1) is 14.0. The Balaban J connectivity index is 1.60. The number of imide groups is 1. The van der Waals surface area contributed by atoms with E-state index in [2.05, 4.69) is 0 Å². The molecule has 2 aromatic rings. The fourth-order valence-corrected chi connectivity index (χ4v) is 3.68. The first-order valence-corrected chi connectivity index (χ1v) is 9.33. The normalized spacial score (nSPS) is 21.1. The molecule has 1 aliphatic carbocycles. The van der Waals surface area contributed by atoms with Gasteiger partial charge in [0.15, 0.2) is 0 Å². The molecule has 7 heteroatoms. The molecule has 3 amide bonds. The zero-order valence-electron chi connectivity index (χ0n) is 15.5. The second kappa shape index (κ2) is 7.87. The Kier molecular flexibility index (Phi) is 5.12. The second-order valence-corrected chi connectivity index (χ2v) is 6.99. The highest BCUT2D eigenvalue weighted by atomic mass is 19.1. The van der Waals surface area contributed by atoms with Crippen molar-refractivity contribution in [2.24, 2.45) is 11.8 Å². The summed E-state index contributed by atoms with van der Waals surface area (Å²) in [6.45, 7) is -0.225. The number of nitrogens with zero attached hydrogens (tertiary/aromatic N) is 2. The number of hydrogen-bond acceptors (Lipinski definition) is 4. The predicted octanol–water partition coefficient (Wildman–Crippen LogP) is 3.37. The van der Waals surface area contributed by atoms with Gasteiger partial charge >= 0.3 is 0 Å². The van der Waals surface area contributed by atoms with Crippen LogP contribution in [0.5, 0.6) is 0 Å². The number of hydrogen-bond donors (Lipinski definition) is 0. The molecule has 148 valence electrons. The van der Waals surface area contributed by atoms with Crippen LogP contribution in [-0.4, -0.2) is 29.3 Å². The minimum Gasteiger partial charge on any atom is -0.465 e. The molecule has 1 aromatic carbocycles. The number of fused-ring (bicyclic) bond motifs is 1. The first-order valence-electron chi connectivity index (χ1n) is 9.33. The van der Waals surface area contributed by atoms with Crippen molar-refractivity contribution in [3.8, 4) is 0 Å². The number of halogens is 1. The molecule has 4 rings (SSSR count). The zero-order chi connectivity index (χ0) is 20.4. The monoisotopic (exact) mass is 394 g/mol. The Labute approximate surface area is 166 Å². The van der Waals surface area contributed by atoms with Crippen LogP contribution in [0.1, 0.15) is 18.6 Å². The highest BCUT2D eigenvalue weighted by molar-refractivity contribution is 6.08. The molecule has 0 saturated carbocycles. The van der Waals surface area contributed by atoms with Crippen molar-refractivity contribution in [1.29, 1.82) is 0 Å². The lowest BCUT2D eigenvalue weighted by Crippen LogP contribution is -2.44. The smallest absolute Gasteiger partial charge is 0.252 e. The van der Waals surface area contributed by atoms with E-state index in [0.29, 0.717) is 24.3 Å². The molecule has 2 atom stereocenters. The van der Waals surface area contributed by atoms with E-state index in [1.165, 1.54) is 47.6 Å². The molecular weight excluding hydrogens is 375 g/mol. The maximum Gasteiger partial charge on any atom is 0.252 e. The lowest BCUT2D eigenvalue weighted by Gasteiger charge is -2.26. The van der Waals surface area contributed by atoms with Gasteiger partial charge in [0.2, 0.25) is 11.8 Å². The van der Waals surface area contributed by atoms with E-state index < -0.39 is 11.7 Å². The van der Waals surface area contributed by atoms with Gasteiger partial charge < -0.3 is 4.42 Å². The van der Waals surface area contributed by atoms with Gasteiger partial charge in [-0.2, -0.15) is 0 Å². The van der Waals surface area contributed by atoms with Crippen molar-refractivity contribution < 1.29 is 23.2 Å². The molecule has 29 heavy (non-hydrogen) atoms. The summed E-state index contributed by atoms with van der Waals surface area (Å²) in [5, 5.41) is 0. The molecule has 1 saturated heterocycles. The van der Waals surface area contributed by atoms with Crippen LogP contribution in [0.15, 0.2) is 65.3 Å². The van der Waals surface area contributed by atoms with Gasteiger partial charge in [-0.25, -0.2) is 4.39 Å². The van der Waals surface area contributed by atoms with Crippen molar-refractivity contribution in [2.45, 2.75) is 12.8 Å². The standard InChI is InChI=1S/C22H19FN2O4/c23-15-7-9-16(10-8-15)24(20(26)12-11-17-4-3-13-29-17)14-25-21(27)18-5-1-2-6-19(18)22(25)28/h1-4,7-13,18-19H,5-6,14H2. The molecule has 1 fully saturated rings. The van der Waals surface area contributed by atoms with E-state index >= 15 is 0 Å². The average molecular weight is 394 g/mol. The van der Waals surface area contributed by atoms with Gasteiger partial charge in [-0.05, 0) is 55.3 Å². The van der Waals surface area contributed by atoms with Gasteiger partial charge in [0.1, 0.15) is 18.2 Å². The highest BCUT2D eigenvalue weighted by Crippen LogP contribution is 2.35. The van der Waals surface area contributed by atoms with Crippen LogP contribution in [0.4, 0.5) is 10.1 Å². The Morgan fingerprint density at radius 2 is 1.76 bits per heavy atom. The van der Waals surface area contributed by atoms with Crippen molar-refractivity contribution in [3.63, 3.8) is 0 Å². The van der Waals surface area contributed by atoms with Crippen LogP contribution < -0.4 is 4.90 Å². The maximum atomic E-state index is 13.4. The summed E-state index contributed by atoms with van der Waals surface area (Å²) >= 11 is 0. The Hall–Kier alpha value is -3.48. The van der Waals surface area contributed by atoms with Crippen LogP contribution in [0.2, 0.25) is 0 Å². The topological polar surface area (TPSA) is 70.8 Å². The summed E-state index contributed by atoms with van der Waals surface area (Å²) in [4.78, 5) is 40.8. The molecule has 0 radical (unpaired) electrons. The fourth-order valence-electron chi connectivity index (χ4n) is 3.68. The van der Waals surface area contributed by atoms with Crippen molar-refractivity contribution >= 4 is 29.5 Å². The summed E-state index contributed by atoms with van der Waals surface area (Å²) in [7, 11) is 0. The lowest BCUT2D eigenvalue weighted by molar-refractivity contribution is -0.140. The van der Waals surface area contributed by atoms with Gasteiger partial charge in [-0.15, -0.1) is 0 Å². The highest BCUT2D eigenvalue weighted by Gasteiger charge is 2.47. The molecular formula is C22H19FN2O4. The predicted molar refractivity (Wildman–Crippen MR) is 104 cm³/mol. The quantitative estimate of drug-likeness (QED) is 0.443. The number of amides is 3. The number of furan rings is 1. The molecule has 0 N–H and O–H groups in total. The van der Waals surface area contributed by atoms with Crippen molar-refractivity contribution in [3.05, 3.63) is 72.5 Å². The molecule has 1 aliphatic heterocycles. The SMILES string of the molecule is O=C1C2CC=CCC2C(=O)N1CN(C(=O)C=Cc1ccco1)c1ccc(F)cc1. The molecule has 2 heterocycles. The number of allylic oxidation sites excluding steroid dienone is 2. The largest absolute Gasteiger partial charge is 0.465 e. The van der Waals surface area contributed by atoms with Crippen molar-refractivity contribution in [2.75, 3.05) is 11.6 Å². The Morgan fingerprint density at radius 1 is 1.10 bits per heavy atom. The van der Waals surface area contributed by atoms with E-state index in [-0.39, 0.29) is 30.3 Å². The Morgan fingerprint density at radius 3 is 2.34 bits per heavy atom. The third kappa shape index (κ3) is 3.76. The number of anilines is 1. The van der Waals surface area contributed by atoms with E-state index in [0.717, 1.165) is 4.90 Å². The van der Waals surface area contributed by atoms with Gasteiger partial charge in [0, 0.05) is 11.8 Å². The number of rotatable bonds is 5. The molecule has 0 spiro atoms. The van der Waals surface area contributed by atoms with Gasteiger partial charge in [-0.1, -0.05) is 12.2 Å². The van der Waals surface area contributed by atoms with Crippen LogP contribution >= 0.6 is 0 Å². The Bertz CT molecular complexity index is 953. The maximum absolute atomic E-state index is 13.4. The van der Waals surface area contributed by atoms with E-state index in [1.54, 1.807) is 12.1 Å². The molecule has 2 unspecified atom stereocenters. The van der Waals surface area contributed by atoms with Crippen LogP contribution in [0, 0.1) is 17.7 Å². The summed E-state index contributed by atoms with van der Waals surface area (Å²) in [5.74, 6) is -1.73. The van der Waals surface area contributed by atoms with E-state index in [1.807, 2.05) is 12.2 Å². The summed E-state index contributed by atoms with van der Waals surface area (Å²) < 4.78 is 18.5. The second-order valence-electron chi connectivity index (χ2n) is 6.99. The summed E-state index contributed by atoms with van der Waals surface area (Å²) in [5.41, 5.74) is 0.383. The van der Waals surface area contributed by atoms with Crippen LogP contribution in [0.25, 0.3) is 6.08 Å². The number of carbonyl (C=O) groups is 3. The van der Waals surface area contributed by atoms with Crippen LogP contribution in [0.3, 0.4) is 0 Å². The first kappa shape index (κ1) is 18.9. The summed E-state index contributed by atoms with van der Waals surface area (Å²) in [6, 6.07) is 8.71. The number of likely N-dealkylation sites (tertiary alicyclic amines) is 1. The summed E-state index contributed by atoms with van der Waals surface area (Å²) in [6.07, 6.45) is 9.14.